The molecule has 31 heavy (non-hydrogen) atoms. The Morgan fingerprint density at radius 2 is 1.90 bits per heavy atom. The molecule has 1 aliphatic rings. The number of rotatable bonds is 3. The summed E-state index contributed by atoms with van der Waals surface area (Å²) in [7, 11) is 0. The van der Waals surface area contributed by atoms with Crippen molar-refractivity contribution in [3.05, 3.63) is 100 Å². The normalized spacial score (nSPS) is 14.1. The minimum Gasteiger partial charge on any atom is -0.488 e. The third-order valence-electron chi connectivity index (χ3n) is 5.94. The molecule has 0 unspecified atom stereocenters. The van der Waals surface area contributed by atoms with Crippen LogP contribution < -0.4 is 4.74 Å². The van der Waals surface area contributed by atoms with Crippen LogP contribution in [0.4, 0.5) is 0 Å². The van der Waals surface area contributed by atoms with Crippen molar-refractivity contribution in [1.29, 1.82) is 0 Å². The van der Waals surface area contributed by atoms with Gasteiger partial charge in [-0.3, -0.25) is 0 Å². The molecular formula is C26H22N2O3. The lowest BCUT2D eigenvalue weighted by Crippen LogP contribution is -2.00. The molecule has 0 saturated carbocycles. The van der Waals surface area contributed by atoms with Crippen molar-refractivity contribution in [1.82, 2.24) is 9.55 Å². The Bertz CT molecular complexity index is 1360. The summed E-state index contributed by atoms with van der Waals surface area (Å²) in [4.78, 5) is 16.0. The number of allylic oxidation sites excluding steroid dienone is 1. The number of hydrogen-bond donors (Lipinski definition) is 1. The van der Waals surface area contributed by atoms with Gasteiger partial charge in [-0.2, -0.15) is 0 Å². The molecule has 0 spiro atoms. The van der Waals surface area contributed by atoms with Crippen molar-refractivity contribution in [3.63, 3.8) is 0 Å². The number of carbonyl (C=O) groups is 1. The first-order valence-corrected chi connectivity index (χ1v) is 10.2. The van der Waals surface area contributed by atoms with Gasteiger partial charge < -0.3 is 14.4 Å². The van der Waals surface area contributed by atoms with Crippen LogP contribution in [0.15, 0.2) is 67.0 Å². The van der Waals surface area contributed by atoms with Crippen LogP contribution in [-0.4, -0.2) is 20.6 Å². The van der Waals surface area contributed by atoms with E-state index in [1.807, 2.05) is 30.6 Å². The molecule has 2 heterocycles. The van der Waals surface area contributed by atoms with E-state index < -0.39 is 5.97 Å². The molecule has 0 saturated heterocycles. The third-order valence-corrected chi connectivity index (χ3v) is 5.94. The van der Waals surface area contributed by atoms with E-state index in [4.69, 9.17) is 4.74 Å². The predicted molar refractivity (Wildman–Crippen MR) is 120 cm³/mol. The Hall–Kier alpha value is -3.86. The highest BCUT2D eigenvalue weighted by Gasteiger charge is 2.20. The molecule has 0 atom stereocenters. The van der Waals surface area contributed by atoms with E-state index in [1.54, 1.807) is 12.1 Å². The summed E-state index contributed by atoms with van der Waals surface area (Å²) < 4.78 is 8.14. The Labute approximate surface area is 180 Å². The number of nitrogens with zero attached hydrogens (tertiary/aromatic N) is 2. The molecule has 5 rings (SSSR count). The van der Waals surface area contributed by atoms with Crippen LogP contribution in [0.1, 0.15) is 38.2 Å². The van der Waals surface area contributed by atoms with Gasteiger partial charge in [0.15, 0.2) is 0 Å². The average molecular weight is 410 g/mol. The minimum absolute atomic E-state index is 0.218. The number of carboxylic acid groups (broad SMARTS) is 1. The summed E-state index contributed by atoms with van der Waals surface area (Å²) in [5, 5.41) is 9.39. The van der Waals surface area contributed by atoms with Gasteiger partial charge in [-0.15, -0.1) is 0 Å². The van der Waals surface area contributed by atoms with Crippen LogP contribution in [0.25, 0.3) is 16.6 Å². The number of aromatic carboxylic acids is 1. The number of aryl methyl sites for hydroxylation is 2. The molecule has 5 nitrogen and oxygen atoms in total. The maximum absolute atomic E-state index is 11.4. The first-order chi connectivity index (χ1) is 15.0. The molecule has 154 valence electrons. The Morgan fingerprint density at radius 3 is 2.74 bits per heavy atom. The number of fused-ring (bicyclic) bond motifs is 3. The second-order valence-corrected chi connectivity index (χ2v) is 7.90. The molecule has 1 aromatic heterocycles. The summed E-state index contributed by atoms with van der Waals surface area (Å²) >= 11 is 0. The van der Waals surface area contributed by atoms with Crippen LogP contribution in [0.2, 0.25) is 0 Å². The fourth-order valence-electron chi connectivity index (χ4n) is 4.08. The van der Waals surface area contributed by atoms with E-state index in [0.717, 1.165) is 33.3 Å². The van der Waals surface area contributed by atoms with Crippen molar-refractivity contribution in [2.75, 3.05) is 0 Å². The van der Waals surface area contributed by atoms with Gasteiger partial charge in [-0.25, -0.2) is 9.78 Å². The first kappa shape index (κ1) is 19.1. The van der Waals surface area contributed by atoms with Crippen LogP contribution in [0.5, 0.6) is 5.75 Å². The Balaban J connectivity index is 1.63. The summed E-state index contributed by atoms with van der Waals surface area (Å²) in [6.07, 6.45) is 4.04. The lowest BCUT2D eigenvalue weighted by molar-refractivity contribution is 0.0696. The second-order valence-electron chi connectivity index (χ2n) is 7.90. The average Bonchev–Trinajstić information content (AvgIpc) is 3.07. The van der Waals surface area contributed by atoms with Crippen molar-refractivity contribution in [2.24, 2.45) is 0 Å². The molecule has 4 aromatic rings. The van der Waals surface area contributed by atoms with Crippen molar-refractivity contribution >= 4 is 22.6 Å². The molecule has 1 aliphatic heterocycles. The summed E-state index contributed by atoms with van der Waals surface area (Å²) in [6, 6.07) is 17.5. The number of imidazole rings is 1. The van der Waals surface area contributed by atoms with E-state index in [9.17, 15) is 9.90 Å². The molecule has 1 N–H and O–H groups in total. The van der Waals surface area contributed by atoms with Gasteiger partial charge in [0.05, 0.1) is 22.9 Å². The molecule has 0 aliphatic carbocycles. The largest absolute Gasteiger partial charge is 0.488 e. The van der Waals surface area contributed by atoms with Gasteiger partial charge in [0, 0.05) is 12.1 Å². The maximum Gasteiger partial charge on any atom is 0.335 e. The molecule has 5 heteroatoms. The number of benzene rings is 3. The third kappa shape index (κ3) is 3.38. The highest BCUT2D eigenvalue weighted by atomic mass is 16.5. The summed E-state index contributed by atoms with van der Waals surface area (Å²) in [5.41, 5.74) is 8.87. The minimum atomic E-state index is -0.964. The lowest BCUT2D eigenvalue weighted by atomic mass is 9.93. The maximum atomic E-state index is 11.4. The zero-order valence-electron chi connectivity index (χ0n) is 17.4. The zero-order valence-corrected chi connectivity index (χ0v) is 17.4. The fourth-order valence-corrected chi connectivity index (χ4v) is 4.08. The lowest BCUT2D eigenvalue weighted by Gasteiger charge is -2.12. The monoisotopic (exact) mass is 410 g/mol. The topological polar surface area (TPSA) is 64.4 Å². The van der Waals surface area contributed by atoms with Crippen LogP contribution in [0.3, 0.4) is 0 Å². The van der Waals surface area contributed by atoms with Crippen molar-refractivity contribution in [2.45, 2.75) is 27.0 Å². The number of ether oxygens (including phenoxy) is 1. The van der Waals surface area contributed by atoms with E-state index in [0.29, 0.717) is 18.9 Å². The first-order valence-electron chi connectivity index (χ1n) is 10.2. The molecule has 0 radical (unpaired) electrons. The van der Waals surface area contributed by atoms with Crippen LogP contribution in [-0.2, 0) is 13.2 Å². The highest BCUT2D eigenvalue weighted by molar-refractivity contribution is 5.91. The van der Waals surface area contributed by atoms with Gasteiger partial charge in [0.2, 0.25) is 0 Å². The smallest absolute Gasteiger partial charge is 0.335 e. The summed E-state index contributed by atoms with van der Waals surface area (Å²) in [5.74, 6) is -0.376. The second kappa shape index (κ2) is 7.43. The van der Waals surface area contributed by atoms with Crippen molar-refractivity contribution in [3.8, 4) is 5.75 Å². The summed E-state index contributed by atoms with van der Waals surface area (Å²) in [6.45, 7) is 5.25. The molecule has 0 amide bonds. The van der Waals surface area contributed by atoms with Gasteiger partial charge in [-0.05, 0) is 72.0 Å². The fraction of sp³-hybridized carbons (Fsp3) is 0.154. The van der Waals surface area contributed by atoms with Gasteiger partial charge in [0.1, 0.15) is 12.4 Å². The Morgan fingerprint density at radius 1 is 1.10 bits per heavy atom. The van der Waals surface area contributed by atoms with E-state index in [-0.39, 0.29) is 5.56 Å². The van der Waals surface area contributed by atoms with E-state index in [1.165, 1.54) is 11.1 Å². The van der Waals surface area contributed by atoms with E-state index >= 15 is 0 Å². The Kier molecular flexibility index (Phi) is 4.59. The SMILES string of the molecule is Cc1cc2ncn(C/C=C3\c4ccccc4COc4cc(C(=O)O)ccc43)c2cc1C. The molecule has 0 bridgehead atoms. The zero-order chi connectivity index (χ0) is 21.5. The van der Waals surface area contributed by atoms with Crippen LogP contribution in [0, 0.1) is 13.8 Å². The number of carboxylic acids is 1. The molecule has 0 fully saturated rings. The number of hydrogen-bond acceptors (Lipinski definition) is 3. The molecular weight excluding hydrogens is 388 g/mol. The molecule has 3 aromatic carbocycles. The number of aromatic nitrogens is 2. The predicted octanol–water partition coefficient (Wildman–Crippen LogP) is 5.38. The van der Waals surface area contributed by atoms with Crippen molar-refractivity contribution < 1.29 is 14.6 Å². The van der Waals surface area contributed by atoms with Crippen LogP contribution >= 0.6 is 0 Å². The highest BCUT2D eigenvalue weighted by Crippen LogP contribution is 2.37. The standard InChI is InChI=1S/C26H22N2O3/c1-16-11-23-24(12-17(16)2)28(15-27-23)10-9-21-20-6-4-3-5-19(20)14-31-25-13-18(26(29)30)7-8-22(21)25/h3-9,11-13,15H,10,14H2,1-2H3,(H,29,30)/b21-9+. The van der Waals surface area contributed by atoms with Gasteiger partial charge in [-0.1, -0.05) is 30.3 Å². The van der Waals surface area contributed by atoms with E-state index in [2.05, 4.69) is 47.7 Å². The quantitative estimate of drug-likeness (QED) is 0.493. The van der Waals surface area contributed by atoms with Gasteiger partial charge >= 0.3 is 5.97 Å². The van der Waals surface area contributed by atoms with Gasteiger partial charge in [0.25, 0.3) is 0 Å².